The molecule has 2 aromatic rings. The highest BCUT2D eigenvalue weighted by Crippen LogP contribution is 2.31. The van der Waals surface area contributed by atoms with Crippen LogP contribution < -0.4 is 5.32 Å². The third-order valence-electron chi connectivity index (χ3n) is 4.11. The van der Waals surface area contributed by atoms with Crippen LogP contribution in [0.2, 0.25) is 0 Å². The topological polar surface area (TPSA) is 31.4 Å². The van der Waals surface area contributed by atoms with E-state index in [0.29, 0.717) is 36.2 Å². The normalized spacial score (nSPS) is 15.2. The molecule has 1 aromatic heterocycles. The summed E-state index contributed by atoms with van der Waals surface area (Å²) in [4.78, 5) is 6.97. The molecular weight excluding hydrogens is 405 g/mol. The Kier molecular flexibility index (Phi) is 6.33. The van der Waals surface area contributed by atoms with Gasteiger partial charge in [-0.15, -0.1) is 0 Å². The third-order valence-corrected chi connectivity index (χ3v) is 5.54. The summed E-state index contributed by atoms with van der Waals surface area (Å²) in [5.41, 5.74) is 1.22. The second kappa shape index (κ2) is 8.55. The lowest BCUT2D eigenvalue weighted by Crippen LogP contribution is -2.47. The molecule has 0 radical (unpaired) electrons. The maximum atomic E-state index is 12.8. The van der Waals surface area contributed by atoms with E-state index in [1.807, 2.05) is 35.2 Å². The first-order chi connectivity index (χ1) is 13.2. The smallest absolute Gasteiger partial charge is 0.346 e. The first-order valence-electron chi connectivity index (χ1n) is 8.65. The van der Waals surface area contributed by atoms with Crippen molar-refractivity contribution in [1.82, 2.24) is 14.2 Å². The Morgan fingerprint density at radius 3 is 2.54 bits per heavy atom. The average Bonchev–Trinajstić information content (AvgIpc) is 2.61. The van der Waals surface area contributed by atoms with Gasteiger partial charge in [0.1, 0.15) is 11.4 Å². The van der Waals surface area contributed by atoms with Crippen LogP contribution in [-0.4, -0.2) is 45.5 Å². The highest BCUT2D eigenvalue weighted by atomic mass is 32.2. The number of nitrogens with zero attached hydrogens (tertiary/aromatic N) is 3. The Morgan fingerprint density at radius 2 is 1.89 bits per heavy atom. The largest absolute Gasteiger partial charge is 0.424 e. The highest BCUT2D eigenvalue weighted by molar-refractivity contribution is 7.97. The number of nitrogens with one attached hydrogen (secondary N) is 1. The van der Waals surface area contributed by atoms with E-state index >= 15 is 0 Å². The second-order valence-corrected chi connectivity index (χ2v) is 8.04. The maximum Gasteiger partial charge on any atom is 0.424 e. The van der Waals surface area contributed by atoms with Gasteiger partial charge in [-0.25, -0.2) is 9.29 Å². The summed E-state index contributed by atoms with van der Waals surface area (Å²) in [6.45, 7) is 6.64. The van der Waals surface area contributed by atoms with Crippen molar-refractivity contribution in [3.05, 3.63) is 53.2 Å². The molecule has 0 aliphatic carbocycles. The standard InChI is InChI=1S/C19H19F3N4S2/c1-13-10-14(2)23-17(11-13)24-18(27)25-6-8-26(9-7-25)28-16-5-3-4-15(12-16)19(20,21)22/h5,10-12H,6-9H2,1-2H3,(H,23,24,27). The SMILES string of the molecule is Cc1cc(C)nc(NC(=S)N2CCN(Sc3cc#cc(C(F)(F)F)c3)CC2)c1. The molecule has 0 spiro atoms. The Balaban J connectivity index is 1.53. The monoisotopic (exact) mass is 424 g/mol. The molecule has 0 unspecified atom stereocenters. The number of piperazine rings is 1. The number of aromatic nitrogens is 1. The van der Waals surface area contributed by atoms with Gasteiger partial charge in [0.25, 0.3) is 0 Å². The van der Waals surface area contributed by atoms with E-state index in [1.54, 1.807) is 0 Å². The van der Waals surface area contributed by atoms with Crippen molar-refractivity contribution in [2.45, 2.75) is 24.9 Å². The van der Waals surface area contributed by atoms with E-state index in [1.165, 1.54) is 18.0 Å². The van der Waals surface area contributed by atoms with Crippen LogP contribution in [0.25, 0.3) is 0 Å². The number of halogens is 3. The third kappa shape index (κ3) is 5.50. The van der Waals surface area contributed by atoms with Crippen LogP contribution in [-0.2, 0) is 6.18 Å². The van der Waals surface area contributed by atoms with Gasteiger partial charge >= 0.3 is 6.18 Å². The zero-order chi connectivity index (χ0) is 20.3. The minimum Gasteiger partial charge on any atom is -0.346 e. The summed E-state index contributed by atoms with van der Waals surface area (Å²) in [7, 11) is 0. The molecule has 0 saturated carbocycles. The van der Waals surface area contributed by atoms with E-state index in [0.717, 1.165) is 23.1 Å². The van der Waals surface area contributed by atoms with E-state index in [2.05, 4.69) is 22.4 Å². The van der Waals surface area contributed by atoms with Gasteiger partial charge in [0, 0.05) is 42.8 Å². The summed E-state index contributed by atoms with van der Waals surface area (Å²) in [5, 5.41) is 3.77. The summed E-state index contributed by atoms with van der Waals surface area (Å²) < 4.78 is 40.4. The van der Waals surface area contributed by atoms with Gasteiger partial charge in [0.2, 0.25) is 0 Å². The molecule has 1 aliphatic rings. The molecular formula is C19H19F3N4S2. The number of aryl methyl sites for hydroxylation is 2. The molecule has 1 N–H and O–H groups in total. The summed E-state index contributed by atoms with van der Waals surface area (Å²) in [6, 6.07) is 11.1. The van der Waals surface area contributed by atoms with Crippen LogP contribution in [0, 0.1) is 26.0 Å². The summed E-state index contributed by atoms with van der Waals surface area (Å²) in [5.74, 6) is 0.718. The molecule has 148 valence electrons. The lowest BCUT2D eigenvalue weighted by Gasteiger charge is -2.35. The quantitative estimate of drug-likeness (QED) is 0.583. The van der Waals surface area contributed by atoms with Crippen molar-refractivity contribution in [2.24, 2.45) is 0 Å². The molecule has 0 atom stereocenters. The van der Waals surface area contributed by atoms with Crippen molar-refractivity contribution in [2.75, 3.05) is 31.5 Å². The van der Waals surface area contributed by atoms with Crippen molar-refractivity contribution < 1.29 is 13.2 Å². The van der Waals surface area contributed by atoms with Gasteiger partial charge in [-0.3, -0.25) is 0 Å². The Hall–Kier alpha value is -2.02. The van der Waals surface area contributed by atoms with Crippen molar-refractivity contribution >= 4 is 35.1 Å². The molecule has 0 bridgehead atoms. The van der Waals surface area contributed by atoms with Gasteiger partial charge in [-0.1, -0.05) is 12.1 Å². The number of hydrogen-bond donors (Lipinski definition) is 1. The molecule has 2 heterocycles. The summed E-state index contributed by atoms with van der Waals surface area (Å²) in [6.07, 6.45) is -4.41. The van der Waals surface area contributed by atoms with Gasteiger partial charge in [-0.2, -0.15) is 13.2 Å². The lowest BCUT2D eigenvalue weighted by molar-refractivity contribution is -0.137. The Labute approximate surface area is 172 Å². The fourth-order valence-electron chi connectivity index (χ4n) is 2.84. The van der Waals surface area contributed by atoms with Gasteiger partial charge in [-0.05, 0) is 61.8 Å². The van der Waals surface area contributed by atoms with Gasteiger partial charge in [0.05, 0.1) is 0 Å². The van der Waals surface area contributed by atoms with Crippen molar-refractivity contribution in [3.8, 4) is 0 Å². The number of pyridine rings is 1. The predicted molar refractivity (Wildman–Crippen MR) is 108 cm³/mol. The molecule has 28 heavy (non-hydrogen) atoms. The van der Waals surface area contributed by atoms with Crippen LogP contribution in [0.3, 0.4) is 0 Å². The van der Waals surface area contributed by atoms with E-state index in [9.17, 15) is 13.2 Å². The van der Waals surface area contributed by atoms with Crippen LogP contribution in [0.1, 0.15) is 16.8 Å². The molecule has 4 nitrogen and oxygen atoms in total. The fourth-order valence-corrected chi connectivity index (χ4v) is 4.05. The van der Waals surface area contributed by atoms with E-state index in [4.69, 9.17) is 12.2 Å². The molecule has 1 saturated heterocycles. The first kappa shape index (κ1) is 20.7. The first-order valence-corrected chi connectivity index (χ1v) is 9.83. The molecule has 1 aliphatic heterocycles. The molecule has 3 rings (SSSR count). The predicted octanol–water partition coefficient (Wildman–Crippen LogP) is 4.34. The summed E-state index contributed by atoms with van der Waals surface area (Å²) >= 11 is 6.78. The van der Waals surface area contributed by atoms with Crippen LogP contribution in [0.15, 0.2) is 29.2 Å². The van der Waals surface area contributed by atoms with Crippen molar-refractivity contribution in [1.29, 1.82) is 0 Å². The van der Waals surface area contributed by atoms with Gasteiger partial charge < -0.3 is 10.2 Å². The van der Waals surface area contributed by atoms with Crippen LogP contribution >= 0.6 is 24.2 Å². The van der Waals surface area contributed by atoms with Crippen molar-refractivity contribution in [3.63, 3.8) is 0 Å². The minimum absolute atomic E-state index is 0.500. The van der Waals surface area contributed by atoms with E-state index in [-0.39, 0.29) is 0 Å². The highest BCUT2D eigenvalue weighted by Gasteiger charge is 2.31. The number of thiocarbonyl (C=S) groups is 1. The minimum atomic E-state index is -4.41. The molecule has 1 aromatic carbocycles. The zero-order valence-electron chi connectivity index (χ0n) is 15.4. The molecule has 9 heteroatoms. The number of rotatable bonds is 3. The second-order valence-electron chi connectivity index (χ2n) is 6.48. The zero-order valence-corrected chi connectivity index (χ0v) is 17.1. The van der Waals surface area contributed by atoms with E-state index < -0.39 is 11.7 Å². The van der Waals surface area contributed by atoms with Gasteiger partial charge in [0.15, 0.2) is 5.11 Å². The van der Waals surface area contributed by atoms with Crippen LogP contribution in [0.5, 0.6) is 0 Å². The molecule has 0 amide bonds. The van der Waals surface area contributed by atoms with Crippen LogP contribution in [0.4, 0.5) is 19.0 Å². The lowest BCUT2D eigenvalue weighted by atomic mass is 10.2. The Morgan fingerprint density at radius 1 is 1.18 bits per heavy atom. The fraction of sp³-hybridized carbons (Fsp3) is 0.368. The average molecular weight is 425 g/mol. The molecule has 1 fully saturated rings. The number of alkyl halides is 3. The Bertz CT molecular complexity index is 829. The number of anilines is 1. The number of hydrogen-bond acceptors (Lipinski definition) is 4. The maximum absolute atomic E-state index is 12.8.